The lowest BCUT2D eigenvalue weighted by Gasteiger charge is -2.40. The summed E-state index contributed by atoms with van der Waals surface area (Å²) in [5.41, 5.74) is 2.22. The van der Waals surface area contributed by atoms with Gasteiger partial charge in [0.2, 0.25) is 5.88 Å². The molecule has 1 saturated heterocycles. The monoisotopic (exact) mass is 431 g/mol. The van der Waals surface area contributed by atoms with Crippen molar-refractivity contribution in [1.29, 1.82) is 0 Å². The SMILES string of the molecule is CC1(C)CC2CC(C)(CN2Cn2c(O)c(N=NC(=O)c3cccnc3)c3ccccc32)C1. The average molecular weight is 432 g/mol. The van der Waals surface area contributed by atoms with Gasteiger partial charge >= 0.3 is 0 Å². The maximum Gasteiger partial charge on any atom is 0.296 e. The summed E-state index contributed by atoms with van der Waals surface area (Å²) in [5, 5.41) is 19.9. The predicted molar refractivity (Wildman–Crippen MR) is 123 cm³/mol. The first-order chi connectivity index (χ1) is 15.2. The number of hydrogen-bond donors (Lipinski definition) is 1. The third kappa shape index (κ3) is 3.71. The number of hydrogen-bond acceptors (Lipinski definition) is 5. The van der Waals surface area contributed by atoms with Crippen LogP contribution in [-0.4, -0.2) is 38.1 Å². The van der Waals surface area contributed by atoms with Crippen LogP contribution in [0.3, 0.4) is 0 Å². The summed E-state index contributed by atoms with van der Waals surface area (Å²) in [7, 11) is 0. The molecule has 1 aliphatic heterocycles. The van der Waals surface area contributed by atoms with Crippen molar-refractivity contribution < 1.29 is 9.90 Å². The average Bonchev–Trinajstić information content (AvgIpc) is 3.15. The molecule has 1 amide bonds. The van der Waals surface area contributed by atoms with Gasteiger partial charge in [0.15, 0.2) is 5.69 Å². The molecule has 1 N–H and O–H groups in total. The van der Waals surface area contributed by atoms with E-state index in [0.29, 0.717) is 34.8 Å². The first kappa shape index (κ1) is 20.8. The van der Waals surface area contributed by atoms with Gasteiger partial charge in [-0.25, -0.2) is 0 Å². The van der Waals surface area contributed by atoms with E-state index in [1.165, 1.54) is 19.0 Å². The second-order valence-corrected chi connectivity index (χ2v) is 10.5. The molecule has 2 aliphatic rings. The fourth-order valence-corrected chi connectivity index (χ4v) is 6.08. The van der Waals surface area contributed by atoms with Crippen molar-refractivity contribution in [2.24, 2.45) is 21.1 Å². The van der Waals surface area contributed by atoms with E-state index in [1.54, 1.807) is 18.3 Å². The van der Waals surface area contributed by atoms with E-state index in [-0.39, 0.29) is 5.88 Å². The van der Waals surface area contributed by atoms with Crippen LogP contribution in [0.5, 0.6) is 5.88 Å². The zero-order valence-corrected chi connectivity index (χ0v) is 18.8. The van der Waals surface area contributed by atoms with Crippen LogP contribution in [0.4, 0.5) is 5.69 Å². The Kier molecular flexibility index (Phi) is 4.89. The number of aromatic hydroxyl groups is 1. The Morgan fingerprint density at radius 3 is 2.78 bits per heavy atom. The van der Waals surface area contributed by atoms with Gasteiger partial charge < -0.3 is 5.11 Å². The van der Waals surface area contributed by atoms with Crippen LogP contribution in [-0.2, 0) is 6.67 Å². The molecule has 2 aromatic heterocycles. The normalized spacial score (nSPS) is 25.0. The molecule has 3 aromatic rings. The zero-order chi connectivity index (χ0) is 22.5. The number of para-hydroxylation sites is 1. The van der Waals surface area contributed by atoms with E-state index in [4.69, 9.17) is 0 Å². The van der Waals surface area contributed by atoms with Gasteiger partial charge in [0.05, 0.1) is 17.7 Å². The standard InChI is InChI=1S/C25H29N5O2/c1-24(2)11-18-12-25(3,14-24)15-29(18)16-30-20-9-5-4-8-19(20)21(23(30)32)27-28-22(31)17-7-6-10-26-13-17/h4-10,13,18,32H,11-12,14-16H2,1-3H3. The van der Waals surface area contributed by atoms with E-state index >= 15 is 0 Å². The molecule has 1 aromatic carbocycles. The minimum atomic E-state index is -0.488. The first-order valence-corrected chi connectivity index (χ1v) is 11.2. The summed E-state index contributed by atoms with van der Waals surface area (Å²) >= 11 is 0. The number of rotatable bonds is 4. The van der Waals surface area contributed by atoms with Crippen molar-refractivity contribution >= 4 is 22.5 Å². The van der Waals surface area contributed by atoms with Crippen molar-refractivity contribution in [2.45, 2.75) is 52.7 Å². The Morgan fingerprint density at radius 1 is 1.19 bits per heavy atom. The Morgan fingerprint density at radius 2 is 2.00 bits per heavy atom. The number of pyridine rings is 1. The smallest absolute Gasteiger partial charge is 0.296 e. The third-order valence-corrected chi connectivity index (χ3v) is 6.91. The molecule has 0 radical (unpaired) electrons. The highest BCUT2D eigenvalue weighted by atomic mass is 16.3. The first-order valence-electron chi connectivity index (χ1n) is 11.2. The molecule has 7 heteroatoms. The molecule has 2 atom stereocenters. The van der Waals surface area contributed by atoms with Crippen LogP contribution in [0.25, 0.3) is 10.9 Å². The van der Waals surface area contributed by atoms with Crippen LogP contribution in [0, 0.1) is 10.8 Å². The summed E-state index contributed by atoms with van der Waals surface area (Å²) in [6.45, 7) is 8.72. The summed E-state index contributed by atoms with van der Waals surface area (Å²) in [6.07, 6.45) is 6.64. The molecular weight excluding hydrogens is 402 g/mol. The molecule has 2 bridgehead atoms. The molecule has 5 rings (SSSR count). The van der Waals surface area contributed by atoms with E-state index in [2.05, 4.69) is 40.9 Å². The van der Waals surface area contributed by atoms with Gasteiger partial charge in [0, 0.05) is 30.4 Å². The summed E-state index contributed by atoms with van der Waals surface area (Å²) < 4.78 is 1.90. The lowest BCUT2D eigenvalue weighted by molar-refractivity contribution is 0.0994. The second-order valence-electron chi connectivity index (χ2n) is 10.5. The largest absolute Gasteiger partial charge is 0.493 e. The van der Waals surface area contributed by atoms with Gasteiger partial charge in [-0.3, -0.25) is 19.2 Å². The molecular formula is C25H29N5O2. The maximum absolute atomic E-state index is 12.4. The van der Waals surface area contributed by atoms with Crippen LogP contribution >= 0.6 is 0 Å². The van der Waals surface area contributed by atoms with E-state index in [9.17, 15) is 9.90 Å². The highest BCUT2D eigenvalue weighted by Crippen LogP contribution is 2.53. The molecule has 1 aliphatic carbocycles. The fourth-order valence-electron chi connectivity index (χ4n) is 6.08. The van der Waals surface area contributed by atoms with E-state index in [1.807, 2.05) is 28.8 Å². The molecule has 7 nitrogen and oxygen atoms in total. The van der Waals surface area contributed by atoms with E-state index in [0.717, 1.165) is 23.9 Å². The summed E-state index contributed by atoms with van der Waals surface area (Å²) in [5.74, 6) is -0.447. The van der Waals surface area contributed by atoms with Crippen molar-refractivity contribution in [1.82, 2.24) is 14.5 Å². The number of carbonyl (C=O) groups is 1. The number of aromatic nitrogens is 2. The quantitative estimate of drug-likeness (QED) is 0.551. The lowest BCUT2D eigenvalue weighted by Crippen LogP contribution is -2.35. The molecule has 32 heavy (non-hydrogen) atoms. The minimum Gasteiger partial charge on any atom is -0.493 e. The van der Waals surface area contributed by atoms with Gasteiger partial charge in [-0.15, -0.1) is 10.2 Å². The predicted octanol–water partition coefficient (Wildman–Crippen LogP) is 5.52. The molecule has 1 saturated carbocycles. The van der Waals surface area contributed by atoms with Crippen molar-refractivity contribution in [3.63, 3.8) is 0 Å². The van der Waals surface area contributed by atoms with Crippen LogP contribution in [0.2, 0.25) is 0 Å². The Balaban J connectivity index is 1.47. The Labute approximate surface area is 187 Å². The molecule has 0 spiro atoms. The third-order valence-electron chi connectivity index (χ3n) is 6.91. The minimum absolute atomic E-state index is 0.0415. The van der Waals surface area contributed by atoms with Gasteiger partial charge in [0.1, 0.15) is 0 Å². The number of likely N-dealkylation sites (tertiary alicyclic amines) is 1. The Hall–Kier alpha value is -3.06. The van der Waals surface area contributed by atoms with Gasteiger partial charge in [0.25, 0.3) is 5.91 Å². The maximum atomic E-state index is 12.4. The van der Waals surface area contributed by atoms with Gasteiger partial charge in [-0.2, -0.15) is 0 Å². The van der Waals surface area contributed by atoms with Gasteiger partial charge in [-0.05, 0) is 48.3 Å². The molecule has 3 heterocycles. The van der Waals surface area contributed by atoms with Crippen molar-refractivity contribution in [3.05, 3.63) is 54.4 Å². The number of nitrogens with zero attached hydrogens (tertiary/aromatic N) is 5. The second kappa shape index (κ2) is 7.52. The number of amides is 1. The van der Waals surface area contributed by atoms with Crippen LogP contribution in [0.15, 0.2) is 59.0 Å². The summed E-state index contributed by atoms with van der Waals surface area (Å²) in [4.78, 5) is 18.8. The fraction of sp³-hybridized carbons (Fsp3) is 0.440. The topological polar surface area (TPSA) is 83.1 Å². The van der Waals surface area contributed by atoms with Crippen molar-refractivity contribution in [3.8, 4) is 5.88 Å². The molecule has 166 valence electrons. The zero-order valence-electron chi connectivity index (χ0n) is 18.8. The molecule has 2 fully saturated rings. The Bertz CT molecular complexity index is 1200. The van der Waals surface area contributed by atoms with Crippen molar-refractivity contribution in [2.75, 3.05) is 6.54 Å². The lowest BCUT2D eigenvalue weighted by atomic mass is 9.65. The summed E-state index contributed by atoms with van der Waals surface area (Å²) in [6, 6.07) is 11.6. The number of fused-ring (bicyclic) bond motifs is 3. The highest BCUT2D eigenvalue weighted by Gasteiger charge is 2.49. The number of benzene rings is 1. The van der Waals surface area contributed by atoms with Crippen LogP contribution < -0.4 is 0 Å². The number of azo groups is 1. The van der Waals surface area contributed by atoms with E-state index < -0.39 is 5.91 Å². The molecule has 2 unspecified atom stereocenters. The number of carbonyl (C=O) groups excluding carboxylic acids is 1. The van der Waals surface area contributed by atoms with Crippen LogP contribution in [0.1, 0.15) is 50.4 Å². The van der Waals surface area contributed by atoms with Gasteiger partial charge in [-0.1, -0.05) is 39.0 Å². The highest BCUT2D eigenvalue weighted by molar-refractivity contribution is 5.97.